The second-order valence-corrected chi connectivity index (χ2v) is 5.55. The molecule has 2 N–H and O–H groups in total. The van der Waals surface area contributed by atoms with Gasteiger partial charge < -0.3 is 10.6 Å². The smallest absolute Gasteiger partial charge is 0.112 e. The highest BCUT2D eigenvalue weighted by molar-refractivity contribution is 7.09. The van der Waals surface area contributed by atoms with E-state index in [-0.39, 0.29) is 5.54 Å². The first-order valence-electron chi connectivity index (χ1n) is 5.94. The Kier molecular flexibility index (Phi) is 5.38. The van der Waals surface area contributed by atoms with Gasteiger partial charge in [0.1, 0.15) is 5.01 Å². The fourth-order valence-electron chi connectivity index (χ4n) is 1.45. The van der Waals surface area contributed by atoms with Crippen molar-refractivity contribution in [2.75, 3.05) is 13.1 Å². The predicted molar refractivity (Wildman–Crippen MR) is 70.9 cm³/mol. The van der Waals surface area contributed by atoms with Gasteiger partial charge in [0.25, 0.3) is 0 Å². The van der Waals surface area contributed by atoms with E-state index < -0.39 is 0 Å². The molecular weight excluding hydrogens is 218 g/mol. The molecular formula is C12H23N3S. The lowest BCUT2D eigenvalue weighted by atomic mass is 10.1. The first kappa shape index (κ1) is 13.6. The van der Waals surface area contributed by atoms with Gasteiger partial charge in [0.2, 0.25) is 0 Å². The summed E-state index contributed by atoms with van der Waals surface area (Å²) in [6.07, 6.45) is 3.04. The summed E-state index contributed by atoms with van der Waals surface area (Å²) in [5.74, 6) is 0. The maximum atomic E-state index is 4.35. The summed E-state index contributed by atoms with van der Waals surface area (Å²) < 4.78 is 0. The Balaban J connectivity index is 2.27. The molecule has 0 aromatic carbocycles. The molecule has 1 rings (SSSR count). The molecule has 0 aliphatic carbocycles. The van der Waals surface area contributed by atoms with E-state index in [2.05, 4.69) is 43.3 Å². The van der Waals surface area contributed by atoms with Crippen molar-refractivity contribution in [1.29, 1.82) is 0 Å². The lowest BCUT2D eigenvalue weighted by molar-refractivity contribution is 0.390. The van der Waals surface area contributed by atoms with Crippen LogP contribution in [0.3, 0.4) is 0 Å². The van der Waals surface area contributed by atoms with Crippen molar-refractivity contribution in [2.45, 2.75) is 45.7 Å². The van der Waals surface area contributed by atoms with Crippen LogP contribution >= 0.6 is 11.3 Å². The quantitative estimate of drug-likeness (QED) is 0.720. The van der Waals surface area contributed by atoms with Gasteiger partial charge in [-0.1, -0.05) is 6.92 Å². The van der Waals surface area contributed by atoms with Gasteiger partial charge in [-0.3, -0.25) is 0 Å². The lowest BCUT2D eigenvalue weighted by Gasteiger charge is -2.24. The zero-order valence-corrected chi connectivity index (χ0v) is 11.5. The molecule has 1 heterocycles. The van der Waals surface area contributed by atoms with Crippen LogP contribution in [0.5, 0.6) is 0 Å². The molecule has 0 spiro atoms. The highest BCUT2D eigenvalue weighted by atomic mass is 32.1. The van der Waals surface area contributed by atoms with Crippen LogP contribution in [-0.2, 0) is 5.54 Å². The van der Waals surface area contributed by atoms with E-state index in [0.717, 1.165) is 18.1 Å². The van der Waals surface area contributed by atoms with E-state index in [0.29, 0.717) is 6.04 Å². The second kappa shape index (κ2) is 6.33. The second-order valence-electron chi connectivity index (χ2n) is 4.65. The third-order valence-electron chi connectivity index (χ3n) is 2.76. The summed E-state index contributed by atoms with van der Waals surface area (Å²) >= 11 is 1.70. The van der Waals surface area contributed by atoms with Crippen molar-refractivity contribution >= 4 is 11.3 Å². The van der Waals surface area contributed by atoms with Crippen molar-refractivity contribution in [3.63, 3.8) is 0 Å². The van der Waals surface area contributed by atoms with Crippen LogP contribution in [0.2, 0.25) is 0 Å². The topological polar surface area (TPSA) is 37.0 Å². The van der Waals surface area contributed by atoms with E-state index in [9.17, 15) is 0 Å². The number of hydrogen-bond donors (Lipinski definition) is 2. The SMILES string of the molecule is CCC(C)NCCNC(C)(C)c1nccs1. The van der Waals surface area contributed by atoms with Gasteiger partial charge in [-0.2, -0.15) is 0 Å². The molecule has 0 aliphatic rings. The van der Waals surface area contributed by atoms with Crippen LogP contribution in [0.15, 0.2) is 11.6 Å². The maximum absolute atomic E-state index is 4.35. The molecule has 16 heavy (non-hydrogen) atoms. The minimum atomic E-state index is -0.0225. The summed E-state index contributed by atoms with van der Waals surface area (Å²) in [5, 5.41) is 10.2. The first-order chi connectivity index (χ1) is 7.56. The predicted octanol–water partition coefficient (Wildman–Crippen LogP) is 2.36. The molecule has 0 saturated heterocycles. The Morgan fingerprint density at radius 2 is 2.19 bits per heavy atom. The largest absolute Gasteiger partial charge is 0.313 e. The molecule has 1 aromatic rings. The molecule has 3 nitrogen and oxygen atoms in total. The van der Waals surface area contributed by atoms with E-state index in [1.54, 1.807) is 11.3 Å². The third-order valence-corrected chi connectivity index (χ3v) is 3.86. The zero-order valence-electron chi connectivity index (χ0n) is 10.7. The summed E-state index contributed by atoms with van der Waals surface area (Å²) in [7, 11) is 0. The van der Waals surface area contributed by atoms with Gasteiger partial charge in [-0.15, -0.1) is 11.3 Å². The van der Waals surface area contributed by atoms with Crippen LogP contribution in [0.4, 0.5) is 0 Å². The number of nitrogens with one attached hydrogen (secondary N) is 2. The van der Waals surface area contributed by atoms with E-state index in [1.165, 1.54) is 6.42 Å². The third kappa shape index (κ3) is 4.20. The molecule has 0 bridgehead atoms. The fourth-order valence-corrected chi connectivity index (χ4v) is 2.18. The summed E-state index contributed by atoms with van der Waals surface area (Å²) in [4.78, 5) is 4.35. The number of thiazole rings is 1. The van der Waals surface area contributed by atoms with Gasteiger partial charge in [0, 0.05) is 30.7 Å². The fraction of sp³-hybridized carbons (Fsp3) is 0.750. The van der Waals surface area contributed by atoms with Crippen LogP contribution in [-0.4, -0.2) is 24.1 Å². The minimum absolute atomic E-state index is 0.0225. The zero-order chi connectivity index (χ0) is 12.0. The van der Waals surface area contributed by atoms with Crippen LogP contribution in [0, 0.1) is 0 Å². The Morgan fingerprint density at radius 3 is 2.75 bits per heavy atom. The molecule has 0 fully saturated rings. The summed E-state index contributed by atoms with van der Waals surface area (Å²) in [6.45, 7) is 10.7. The van der Waals surface area contributed by atoms with Crippen LogP contribution in [0.1, 0.15) is 39.1 Å². The van der Waals surface area contributed by atoms with Gasteiger partial charge in [0.15, 0.2) is 0 Å². The molecule has 92 valence electrons. The van der Waals surface area contributed by atoms with Gasteiger partial charge in [-0.25, -0.2) is 4.98 Å². The molecule has 1 aromatic heterocycles. The summed E-state index contributed by atoms with van der Waals surface area (Å²) in [6, 6.07) is 0.602. The van der Waals surface area contributed by atoms with Crippen molar-refractivity contribution in [3.8, 4) is 0 Å². The van der Waals surface area contributed by atoms with E-state index in [4.69, 9.17) is 0 Å². The molecule has 4 heteroatoms. The first-order valence-corrected chi connectivity index (χ1v) is 6.82. The average molecular weight is 241 g/mol. The Bertz CT molecular complexity index is 282. The highest BCUT2D eigenvalue weighted by Gasteiger charge is 2.21. The standard InChI is InChI=1S/C12H23N3S/c1-5-10(2)13-6-7-15-12(3,4)11-14-8-9-16-11/h8-10,13,15H,5-7H2,1-4H3. The van der Waals surface area contributed by atoms with Crippen molar-refractivity contribution < 1.29 is 0 Å². The van der Waals surface area contributed by atoms with E-state index >= 15 is 0 Å². The number of hydrogen-bond acceptors (Lipinski definition) is 4. The maximum Gasteiger partial charge on any atom is 0.112 e. The molecule has 0 aliphatic heterocycles. The van der Waals surface area contributed by atoms with Gasteiger partial charge in [-0.05, 0) is 27.2 Å². The highest BCUT2D eigenvalue weighted by Crippen LogP contribution is 2.21. The van der Waals surface area contributed by atoms with Crippen molar-refractivity contribution in [3.05, 3.63) is 16.6 Å². The van der Waals surface area contributed by atoms with E-state index in [1.807, 2.05) is 11.6 Å². The minimum Gasteiger partial charge on any atom is -0.313 e. The molecule has 1 atom stereocenters. The Morgan fingerprint density at radius 1 is 1.44 bits per heavy atom. The molecule has 0 saturated carbocycles. The van der Waals surface area contributed by atoms with Crippen LogP contribution < -0.4 is 10.6 Å². The monoisotopic (exact) mass is 241 g/mol. The van der Waals surface area contributed by atoms with Gasteiger partial charge in [0.05, 0.1) is 5.54 Å². The number of aromatic nitrogens is 1. The summed E-state index contributed by atoms with van der Waals surface area (Å²) in [5.41, 5.74) is -0.0225. The van der Waals surface area contributed by atoms with Crippen LogP contribution in [0.25, 0.3) is 0 Å². The Hall–Kier alpha value is -0.450. The lowest BCUT2D eigenvalue weighted by Crippen LogP contribution is -2.41. The Labute approximate surface area is 103 Å². The number of rotatable bonds is 7. The number of nitrogens with zero attached hydrogens (tertiary/aromatic N) is 1. The normalized spacial score (nSPS) is 14.0. The molecule has 0 amide bonds. The van der Waals surface area contributed by atoms with Crippen molar-refractivity contribution in [2.24, 2.45) is 0 Å². The average Bonchev–Trinajstić information content (AvgIpc) is 2.78. The molecule has 1 unspecified atom stereocenters. The van der Waals surface area contributed by atoms with Gasteiger partial charge >= 0.3 is 0 Å². The van der Waals surface area contributed by atoms with Crippen molar-refractivity contribution in [1.82, 2.24) is 15.6 Å². The molecule has 0 radical (unpaired) electrons.